The second kappa shape index (κ2) is 6.74. The number of hydrogen-bond acceptors (Lipinski definition) is 6. The number of nitrogens with zero attached hydrogens (tertiary/aromatic N) is 4. The maximum Gasteiger partial charge on any atom is 0.222 e. The van der Waals surface area contributed by atoms with E-state index in [2.05, 4.69) is 24.2 Å². The highest BCUT2D eigenvalue weighted by Gasteiger charge is 2.37. The summed E-state index contributed by atoms with van der Waals surface area (Å²) in [5, 5.41) is -1.15. The molecule has 2 unspecified atom stereocenters. The second-order valence-electron chi connectivity index (χ2n) is 6.51. The summed E-state index contributed by atoms with van der Waals surface area (Å²) >= 11 is 0. The van der Waals surface area contributed by atoms with Crippen molar-refractivity contribution < 1.29 is 9.53 Å². The SMILES string of the molecule is COC(P)(Cn1cnc2cnc(N)nc21)C(=O)c1c(C)cc(C)cc1C. The molecule has 0 bridgehead atoms. The van der Waals surface area contributed by atoms with Gasteiger partial charge in [-0.1, -0.05) is 26.9 Å². The molecular formula is C18H22N5O2P. The summed E-state index contributed by atoms with van der Waals surface area (Å²) in [4.78, 5) is 25.8. The standard InChI is InChI=1S/C18H22N5O2P/c1-10-5-11(2)14(12(3)6-10)15(24)18(26,25-4)8-23-9-21-13-7-20-17(19)22-16(13)23/h5-7,9H,8,26H2,1-4H3,(H2,19,20,22). The molecule has 26 heavy (non-hydrogen) atoms. The van der Waals surface area contributed by atoms with Crippen molar-refractivity contribution in [3.8, 4) is 0 Å². The lowest BCUT2D eigenvalue weighted by atomic mass is 9.93. The Morgan fingerprint density at radius 2 is 1.92 bits per heavy atom. The number of rotatable bonds is 5. The van der Waals surface area contributed by atoms with Gasteiger partial charge in [0.05, 0.1) is 19.1 Å². The molecule has 2 atom stereocenters. The molecule has 0 aliphatic rings. The van der Waals surface area contributed by atoms with Crippen LogP contribution in [0.5, 0.6) is 0 Å². The van der Waals surface area contributed by atoms with Gasteiger partial charge in [0.2, 0.25) is 11.7 Å². The van der Waals surface area contributed by atoms with E-state index in [0.29, 0.717) is 16.7 Å². The number of Topliss-reactive ketones (excluding diaryl/α,β-unsaturated/α-hetero) is 1. The number of benzene rings is 1. The molecule has 1 aromatic carbocycles. The number of aryl methyl sites for hydroxylation is 3. The van der Waals surface area contributed by atoms with Crippen LogP contribution in [0.3, 0.4) is 0 Å². The molecule has 7 nitrogen and oxygen atoms in total. The van der Waals surface area contributed by atoms with Crippen LogP contribution < -0.4 is 5.73 Å². The molecule has 0 aliphatic heterocycles. The van der Waals surface area contributed by atoms with Gasteiger partial charge in [-0.05, 0) is 31.9 Å². The minimum Gasteiger partial charge on any atom is -0.368 e. The number of carbonyl (C=O) groups is 1. The van der Waals surface area contributed by atoms with Crippen LogP contribution in [0, 0.1) is 20.8 Å². The third-order valence-electron chi connectivity index (χ3n) is 4.43. The molecule has 136 valence electrons. The molecule has 0 saturated carbocycles. The lowest BCUT2D eigenvalue weighted by molar-refractivity contribution is 0.0408. The predicted molar refractivity (Wildman–Crippen MR) is 104 cm³/mol. The zero-order chi connectivity index (χ0) is 19.1. The van der Waals surface area contributed by atoms with Gasteiger partial charge in [0.1, 0.15) is 5.52 Å². The number of nitrogen functional groups attached to an aromatic ring is 1. The third-order valence-corrected chi connectivity index (χ3v) is 5.12. The van der Waals surface area contributed by atoms with Gasteiger partial charge in [0.15, 0.2) is 11.0 Å². The molecule has 0 spiro atoms. The quantitative estimate of drug-likeness (QED) is 0.547. The third kappa shape index (κ3) is 3.20. The van der Waals surface area contributed by atoms with Crippen molar-refractivity contribution in [3.05, 3.63) is 46.9 Å². The Kier molecular flexibility index (Phi) is 4.78. The van der Waals surface area contributed by atoms with Crippen LogP contribution in [0.4, 0.5) is 5.95 Å². The van der Waals surface area contributed by atoms with E-state index >= 15 is 0 Å². The zero-order valence-corrected chi connectivity index (χ0v) is 16.4. The van der Waals surface area contributed by atoms with E-state index in [-0.39, 0.29) is 18.3 Å². The predicted octanol–water partition coefficient (Wildman–Crippen LogP) is 2.43. The van der Waals surface area contributed by atoms with Crippen molar-refractivity contribution in [2.45, 2.75) is 32.7 Å². The first kappa shape index (κ1) is 18.4. The molecule has 2 N–H and O–H groups in total. The summed E-state index contributed by atoms with van der Waals surface area (Å²) in [5.74, 6) is 0.0476. The van der Waals surface area contributed by atoms with Crippen LogP contribution in [-0.4, -0.2) is 37.8 Å². The lowest BCUT2D eigenvalue weighted by Crippen LogP contribution is -2.39. The normalized spacial score (nSPS) is 13.7. The first-order valence-corrected chi connectivity index (χ1v) is 8.73. The number of methoxy groups -OCH3 is 1. The highest BCUT2D eigenvalue weighted by atomic mass is 31.0. The van der Waals surface area contributed by atoms with Gasteiger partial charge >= 0.3 is 0 Å². The minimum absolute atomic E-state index is 0.108. The van der Waals surface area contributed by atoms with Crippen LogP contribution in [0.25, 0.3) is 11.2 Å². The van der Waals surface area contributed by atoms with Gasteiger partial charge in [-0.25, -0.2) is 9.97 Å². The van der Waals surface area contributed by atoms with E-state index in [1.54, 1.807) is 17.1 Å². The number of fused-ring (bicyclic) bond motifs is 1. The average Bonchev–Trinajstić information content (AvgIpc) is 2.95. The van der Waals surface area contributed by atoms with Crippen molar-refractivity contribution in [3.63, 3.8) is 0 Å². The minimum atomic E-state index is -1.15. The zero-order valence-electron chi connectivity index (χ0n) is 15.3. The van der Waals surface area contributed by atoms with E-state index in [1.807, 2.05) is 32.9 Å². The monoisotopic (exact) mass is 371 g/mol. The van der Waals surface area contributed by atoms with E-state index in [1.165, 1.54) is 7.11 Å². The molecule has 0 saturated heterocycles. The Morgan fingerprint density at radius 1 is 1.27 bits per heavy atom. The van der Waals surface area contributed by atoms with Crippen LogP contribution in [0.2, 0.25) is 0 Å². The maximum atomic E-state index is 13.3. The Bertz CT molecular complexity index is 977. The van der Waals surface area contributed by atoms with Gasteiger partial charge in [0, 0.05) is 12.7 Å². The van der Waals surface area contributed by atoms with E-state index in [9.17, 15) is 4.79 Å². The first-order valence-electron chi connectivity index (χ1n) is 8.15. The van der Waals surface area contributed by atoms with E-state index in [4.69, 9.17) is 10.5 Å². The van der Waals surface area contributed by atoms with Crippen LogP contribution in [-0.2, 0) is 11.3 Å². The number of ether oxygens (including phenoxy) is 1. The summed E-state index contributed by atoms with van der Waals surface area (Å²) in [5.41, 5.74) is 10.5. The van der Waals surface area contributed by atoms with E-state index in [0.717, 1.165) is 16.7 Å². The highest BCUT2D eigenvalue weighted by molar-refractivity contribution is 7.20. The largest absolute Gasteiger partial charge is 0.368 e. The molecule has 0 amide bonds. The van der Waals surface area contributed by atoms with E-state index < -0.39 is 5.34 Å². The number of ketones is 1. The van der Waals surface area contributed by atoms with Crippen LogP contribution in [0.1, 0.15) is 27.0 Å². The fourth-order valence-electron chi connectivity index (χ4n) is 3.22. The van der Waals surface area contributed by atoms with Crippen molar-refractivity contribution in [2.75, 3.05) is 12.8 Å². The van der Waals surface area contributed by atoms with Gasteiger partial charge in [-0.2, -0.15) is 4.98 Å². The molecule has 3 aromatic rings. The summed E-state index contributed by atoms with van der Waals surface area (Å²) in [6.45, 7) is 6.12. The van der Waals surface area contributed by atoms with Crippen molar-refractivity contribution in [1.29, 1.82) is 0 Å². The van der Waals surface area contributed by atoms with Gasteiger partial charge in [0.25, 0.3) is 0 Å². The Hall–Kier alpha value is -2.37. The number of carbonyl (C=O) groups excluding carboxylic acids is 1. The molecule has 0 fully saturated rings. The second-order valence-corrected chi connectivity index (χ2v) is 7.44. The summed E-state index contributed by atoms with van der Waals surface area (Å²) < 4.78 is 7.39. The smallest absolute Gasteiger partial charge is 0.222 e. The molecule has 0 radical (unpaired) electrons. The fourth-order valence-corrected chi connectivity index (χ4v) is 3.56. The van der Waals surface area contributed by atoms with Crippen LogP contribution in [0.15, 0.2) is 24.7 Å². The summed E-state index contributed by atoms with van der Waals surface area (Å²) in [6.07, 6.45) is 3.17. The lowest BCUT2D eigenvalue weighted by Gasteiger charge is -2.28. The van der Waals surface area contributed by atoms with Crippen molar-refractivity contribution in [1.82, 2.24) is 19.5 Å². The topological polar surface area (TPSA) is 95.9 Å². The van der Waals surface area contributed by atoms with Crippen molar-refractivity contribution >= 4 is 32.1 Å². The van der Waals surface area contributed by atoms with Crippen molar-refractivity contribution in [2.24, 2.45) is 0 Å². The summed E-state index contributed by atoms with van der Waals surface area (Å²) in [7, 11) is 4.07. The first-order chi connectivity index (χ1) is 12.2. The van der Waals surface area contributed by atoms with Gasteiger partial charge < -0.3 is 15.0 Å². The molecular weight excluding hydrogens is 349 g/mol. The Balaban J connectivity index is 2.03. The molecule has 0 aliphatic carbocycles. The summed E-state index contributed by atoms with van der Waals surface area (Å²) in [6, 6.07) is 4.00. The molecule has 2 heterocycles. The highest BCUT2D eigenvalue weighted by Crippen LogP contribution is 2.31. The molecule has 2 aromatic heterocycles. The average molecular weight is 371 g/mol. The molecule has 3 rings (SSSR count). The Labute approximate surface area is 154 Å². The van der Waals surface area contributed by atoms with Gasteiger partial charge in [-0.15, -0.1) is 0 Å². The number of imidazole rings is 1. The number of anilines is 1. The Morgan fingerprint density at radius 3 is 2.54 bits per heavy atom. The van der Waals surface area contributed by atoms with Gasteiger partial charge in [-0.3, -0.25) is 4.79 Å². The number of hydrogen-bond donors (Lipinski definition) is 1. The fraction of sp³-hybridized carbons (Fsp3) is 0.333. The van der Waals surface area contributed by atoms with Crippen LogP contribution >= 0.6 is 9.24 Å². The molecule has 8 heteroatoms. The number of aromatic nitrogens is 4. The number of nitrogens with two attached hydrogens (primary N) is 1. The maximum absolute atomic E-state index is 13.3.